The average molecular weight is 255 g/mol. The van der Waals surface area contributed by atoms with E-state index in [1.807, 2.05) is 6.07 Å². The van der Waals surface area contributed by atoms with Crippen LogP contribution in [0.15, 0.2) is 18.2 Å². The zero-order valence-electron chi connectivity index (χ0n) is 9.61. The summed E-state index contributed by atoms with van der Waals surface area (Å²) in [6.45, 7) is 4.87. The van der Waals surface area contributed by atoms with Gasteiger partial charge in [-0.1, -0.05) is 11.6 Å². The highest BCUT2D eigenvalue weighted by Crippen LogP contribution is 2.24. The predicted molar refractivity (Wildman–Crippen MR) is 68.1 cm³/mol. The Hall–Kier alpha value is -1.26. The number of nitrogens with zero attached hydrogens (tertiary/aromatic N) is 1. The molecular formula is C12H15ClN2O2. The molecule has 0 saturated carbocycles. The number of anilines is 1. The minimum absolute atomic E-state index is 0.151. The standard InChI is InChI=1S/C12H15ClN2O2/c1-8-7-15(5-4-14-8)9-2-3-10(12(16)17)11(13)6-9/h2-3,6,8,14H,4-5,7H2,1H3,(H,16,17)/t8-/m0/s1. The molecule has 0 radical (unpaired) electrons. The van der Waals surface area contributed by atoms with Crippen LogP contribution in [-0.2, 0) is 0 Å². The lowest BCUT2D eigenvalue weighted by Gasteiger charge is -2.33. The number of hydrogen-bond acceptors (Lipinski definition) is 3. The summed E-state index contributed by atoms with van der Waals surface area (Å²) < 4.78 is 0. The first-order valence-corrected chi connectivity index (χ1v) is 5.97. The third kappa shape index (κ3) is 2.70. The molecule has 1 atom stereocenters. The van der Waals surface area contributed by atoms with Crippen LogP contribution in [0.25, 0.3) is 0 Å². The zero-order valence-corrected chi connectivity index (χ0v) is 10.4. The highest BCUT2D eigenvalue weighted by atomic mass is 35.5. The third-order valence-electron chi connectivity index (χ3n) is 2.92. The Balaban J connectivity index is 2.22. The van der Waals surface area contributed by atoms with E-state index in [9.17, 15) is 4.79 Å². The van der Waals surface area contributed by atoms with Crippen LogP contribution in [0.3, 0.4) is 0 Å². The van der Waals surface area contributed by atoms with Gasteiger partial charge in [0.05, 0.1) is 10.6 Å². The molecule has 1 heterocycles. The van der Waals surface area contributed by atoms with Crippen LogP contribution in [0.2, 0.25) is 5.02 Å². The van der Waals surface area contributed by atoms with E-state index in [4.69, 9.17) is 16.7 Å². The van der Waals surface area contributed by atoms with Crippen LogP contribution in [0, 0.1) is 0 Å². The lowest BCUT2D eigenvalue weighted by Crippen LogP contribution is -2.49. The molecule has 1 aliphatic heterocycles. The first kappa shape index (κ1) is 12.2. The van der Waals surface area contributed by atoms with Gasteiger partial charge in [-0.05, 0) is 25.1 Å². The van der Waals surface area contributed by atoms with Crippen molar-refractivity contribution in [2.24, 2.45) is 0 Å². The fourth-order valence-corrected chi connectivity index (χ4v) is 2.30. The van der Waals surface area contributed by atoms with E-state index in [-0.39, 0.29) is 5.56 Å². The van der Waals surface area contributed by atoms with Gasteiger partial charge in [0.25, 0.3) is 0 Å². The summed E-state index contributed by atoms with van der Waals surface area (Å²) in [5.74, 6) is -0.991. The van der Waals surface area contributed by atoms with E-state index in [2.05, 4.69) is 17.1 Å². The minimum atomic E-state index is -0.991. The van der Waals surface area contributed by atoms with Crippen molar-refractivity contribution in [3.63, 3.8) is 0 Å². The Morgan fingerprint density at radius 3 is 2.94 bits per heavy atom. The second-order valence-electron chi connectivity index (χ2n) is 4.27. The molecule has 1 fully saturated rings. The molecule has 0 aliphatic carbocycles. The van der Waals surface area contributed by atoms with Gasteiger partial charge in [0.1, 0.15) is 0 Å². The first-order valence-electron chi connectivity index (χ1n) is 5.59. The molecular weight excluding hydrogens is 240 g/mol. The summed E-state index contributed by atoms with van der Waals surface area (Å²) in [4.78, 5) is 13.1. The van der Waals surface area contributed by atoms with E-state index < -0.39 is 5.97 Å². The van der Waals surface area contributed by atoms with Crippen molar-refractivity contribution in [2.75, 3.05) is 24.5 Å². The zero-order chi connectivity index (χ0) is 12.4. The lowest BCUT2D eigenvalue weighted by atomic mass is 10.1. The van der Waals surface area contributed by atoms with Crippen LogP contribution in [-0.4, -0.2) is 36.8 Å². The van der Waals surface area contributed by atoms with Crippen LogP contribution in [0.4, 0.5) is 5.69 Å². The van der Waals surface area contributed by atoms with Crippen molar-refractivity contribution >= 4 is 23.3 Å². The van der Waals surface area contributed by atoms with Crippen molar-refractivity contribution in [1.29, 1.82) is 0 Å². The van der Waals surface area contributed by atoms with Gasteiger partial charge in [-0.25, -0.2) is 4.79 Å². The molecule has 5 heteroatoms. The lowest BCUT2D eigenvalue weighted by molar-refractivity contribution is 0.0697. The quantitative estimate of drug-likeness (QED) is 0.846. The number of nitrogens with one attached hydrogen (secondary N) is 1. The van der Waals surface area contributed by atoms with Gasteiger partial charge in [0.15, 0.2) is 0 Å². The number of aromatic carboxylic acids is 1. The molecule has 0 spiro atoms. The second kappa shape index (κ2) is 4.94. The van der Waals surface area contributed by atoms with E-state index in [1.165, 1.54) is 0 Å². The Bertz CT molecular complexity index is 437. The van der Waals surface area contributed by atoms with Crippen LogP contribution >= 0.6 is 11.6 Å². The van der Waals surface area contributed by atoms with Crippen molar-refractivity contribution in [2.45, 2.75) is 13.0 Å². The van der Waals surface area contributed by atoms with Crippen LogP contribution in [0.1, 0.15) is 17.3 Å². The smallest absolute Gasteiger partial charge is 0.337 e. The van der Waals surface area contributed by atoms with Crippen LogP contribution in [0.5, 0.6) is 0 Å². The number of carboxylic acid groups (broad SMARTS) is 1. The number of rotatable bonds is 2. The van der Waals surface area contributed by atoms with Gasteiger partial charge >= 0.3 is 5.97 Å². The second-order valence-corrected chi connectivity index (χ2v) is 4.68. The van der Waals surface area contributed by atoms with Gasteiger partial charge in [-0.3, -0.25) is 0 Å². The number of hydrogen-bond donors (Lipinski definition) is 2. The molecule has 1 aliphatic rings. The van der Waals surface area contributed by atoms with E-state index in [1.54, 1.807) is 12.1 Å². The maximum atomic E-state index is 10.9. The fraction of sp³-hybridized carbons (Fsp3) is 0.417. The molecule has 0 unspecified atom stereocenters. The molecule has 0 aromatic heterocycles. The Morgan fingerprint density at radius 2 is 2.35 bits per heavy atom. The molecule has 0 amide bonds. The maximum absolute atomic E-state index is 10.9. The molecule has 2 N–H and O–H groups in total. The van der Waals surface area contributed by atoms with Crippen molar-refractivity contribution < 1.29 is 9.90 Å². The van der Waals surface area contributed by atoms with E-state index >= 15 is 0 Å². The Kier molecular flexibility index (Phi) is 3.54. The summed E-state index contributed by atoms with van der Waals surface area (Å²) in [6, 6.07) is 5.53. The van der Waals surface area contributed by atoms with Crippen molar-refractivity contribution in [3.05, 3.63) is 28.8 Å². The number of carboxylic acids is 1. The van der Waals surface area contributed by atoms with Gasteiger partial charge in [0.2, 0.25) is 0 Å². The van der Waals surface area contributed by atoms with Gasteiger partial charge in [-0.2, -0.15) is 0 Å². The van der Waals surface area contributed by atoms with Crippen LogP contribution < -0.4 is 10.2 Å². The van der Waals surface area contributed by atoms with Gasteiger partial charge < -0.3 is 15.3 Å². The highest BCUT2D eigenvalue weighted by Gasteiger charge is 2.17. The molecule has 17 heavy (non-hydrogen) atoms. The highest BCUT2D eigenvalue weighted by molar-refractivity contribution is 6.33. The molecule has 0 bridgehead atoms. The van der Waals surface area contributed by atoms with E-state index in [0.29, 0.717) is 11.1 Å². The minimum Gasteiger partial charge on any atom is -0.478 e. The molecule has 92 valence electrons. The molecule has 1 aromatic rings. The Morgan fingerprint density at radius 1 is 1.59 bits per heavy atom. The fourth-order valence-electron chi connectivity index (χ4n) is 2.04. The molecule has 1 aromatic carbocycles. The summed E-state index contributed by atoms with van der Waals surface area (Å²) in [6.07, 6.45) is 0. The molecule has 4 nitrogen and oxygen atoms in total. The van der Waals surface area contributed by atoms with Gasteiger partial charge in [-0.15, -0.1) is 0 Å². The maximum Gasteiger partial charge on any atom is 0.337 e. The summed E-state index contributed by atoms with van der Waals surface area (Å²) in [5, 5.41) is 12.6. The SMILES string of the molecule is C[C@H]1CN(c2ccc(C(=O)O)c(Cl)c2)CCN1. The third-order valence-corrected chi connectivity index (χ3v) is 3.23. The Labute approximate surface area is 105 Å². The largest absolute Gasteiger partial charge is 0.478 e. The summed E-state index contributed by atoms with van der Waals surface area (Å²) in [5.41, 5.74) is 1.13. The number of halogens is 1. The number of carbonyl (C=O) groups is 1. The number of benzene rings is 1. The van der Waals surface area contributed by atoms with Crippen molar-refractivity contribution in [1.82, 2.24) is 5.32 Å². The molecule has 1 saturated heterocycles. The monoisotopic (exact) mass is 254 g/mol. The number of piperazine rings is 1. The van der Waals surface area contributed by atoms with Crippen molar-refractivity contribution in [3.8, 4) is 0 Å². The van der Waals surface area contributed by atoms with Gasteiger partial charge in [0, 0.05) is 31.4 Å². The predicted octanol–water partition coefficient (Wildman–Crippen LogP) is 1.84. The summed E-state index contributed by atoms with van der Waals surface area (Å²) in [7, 11) is 0. The topological polar surface area (TPSA) is 52.6 Å². The molecule has 2 rings (SSSR count). The van der Waals surface area contributed by atoms with E-state index in [0.717, 1.165) is 25.3 Å². The average Bonchev–Trinajstić information content (AvgIpc) is 2.28. The first-order chi connectivity index (χ1) is 8.08. The normalized spacial score (nSPS) is 20.4. The summed E-state index contributed by atoms with van der Waals surface area (Å²) >= 11 is 5.96.